The fraction of sp³-hybridized carbons (Fsp3) is 0.133. The lowest BCUT2D eigenvalue weighted by molar-refractivity contribution is 0.0697. The third kappa shape index (κ3) is 2.71. The van der Waals surface area contributed by atoms with E-state index in [9.17, 15) is 9.90 Å². The van der Waals surface area contributed by atoms with Crippen LogP contribution in [0, 0.1) is 6.92 Å². The van der Waals surface area contributed by atoms with E-state index in [0.29, 0.717) is 21.9 Å². The molecule has 0 aliphatic carbocycles. The predicted octanol–water partition coefficient (Wildman–Crippen LogP) is 4.02. The maximum absolute atomic E-state index is 11.3. The van der Waals surface area contributed by atoms with Crippen molar-refractivity contribution in [1.29, 1.82) is 0 Å². The quantitative estimate of drug-likeness (QED) is 0.921. The first kappa shape index (κ1) is 13.4. The van der Waals surface area contributed by atoms with E-state index in [-0.39, 0.29) is 5.56 Å². The average Bonchev–Trinajstić information content (AvgIpc) is 2.38. The van der Waals surface area contributed by atoms with Crippen molar-refractivity contribution in [2.24, 2.45) is 0 Å². The van der Waals surface area contributed by atoms with Crippen LogP contribution in [0.3, 0.4) is 0 Å². The van der Waals surface area contributed by atoms with Gasteiger partial charge in [0.15, 0.2) is 0 Å². The standard InChI is InChI=1S/C15H13ClO3/c1-9-3-5-11(15(17)18)12(7-9)13-8-10(16)4-6-14(13)19-2/h3-8H,1-2H3,(H,17,18). The van der Waals surface area contributed by atoms with Crippen molar-refractivity contribution in [3.8, 4) is 16.9 Å². The number of aryl methyl sites for hydroxylation is 1. The number of carboxylic acid groups (broad SMARTS) is 1. The van der Waals surface area contributed by atoms with Crippen molar-refractivity contribution < 1.29 is 14.6 Å². The first-order chi connectivity index (χ1) is 9.02. The van der Waals surface area contributed by atoms with Gasteiger partial charge in [-0.2, -0.15) is 0 Å². The molecular weight excluding hydrogens is 264 g/mol. The highest BCUT2D eigenvalue weighted by atomic mass is 35.5. The molecule has 0 saturated heterocycles. The van der Waals surface area contributed by atoms with Gasteiger partial charge in [0.25, 0.3) is 0 Å². The van der Waals surface area contributed by atoms with Crippen LogP contribution in [0.1, 0.15) is 15.9 Å². The summed E-state index contributed by atoms with van der Waals surface area (Å²) in [7, 11) is 1.54. The SMILES string of the molecule is COc1ccc(Cl)cc1-c1cc(C)ccc1C(=O)O. The number of hydrogen-bond acceptors (Lipinski definition) is 2. The molecule has 98 valence electrons. The molecule has 2 rings (SSSR count). The molecule has 2 aromatic rings. The Bertz CT molecular complexity index is 635. The normalized spacial score (nSPS) is 10.3. The Labute approximate surface area is 116 Å². The Morgan fingerprint density at radius 3 is 2.53 bits per heavy atom. The fourth-order valence-corrected chi connectivity index (χ4v) is 2.13. The van der Waals surface area contributed by atoms with Crippen molar-refractivity contribution in [2.75, 3.05) is 7.11 Å². The number of rotatable bonds is 3. The summed E-state index contributed by atoms with van der Waals surface area (Å²) in [5.74, 6) is -0.380. The van der Waals surface area contributed by atoms with Gasteiger partial charge in [-0.15, -0.1) is 0 Å². The number of ether oxygens (including phenoxy) is 1. The van der Waals surface area contributed by atoms with E-state index in [1.807, 2.05) is 13.0 Å². The molecule has 0 bridgehead atoms. The lowest BCUT2D eigenvalue weighted by atomic mass is 9.97. The zero-order chi connectivity index (χ0) is 14.0. The molecule has 0 unspecified atom stereocenters. The Balaban J connectivity index is 2.73. The molecule has 0 radical (unpaired) electrons. The minimum Gasteiger partial charge on any atom is -0.496 e. The molecule has 19 heavy (non-hydrogen) atoms. The van der Waals surface area contributed by atoms with Crippen molar-refractivity contribution in [2.45, 2.75) is 6.92 Å². The summed E-state index contributed by atoms with van der Waals surface area (Å²) in [5, 5.41) is 9.81. The summed E-state index contributed by atoms with van der Waals surface area (Å²) in [6.45, 7) is 1.91. The van der Waals surface area contributed by atoms with Crippen molar-refractivity contribution in [3.63, 3.8) is 0 Å². The van der Waals surface area contributed by atoms with E-state index in [2.05, 4.69) is 0 Å². The van der Waals surface area contributed by atoms with Gasteiger partial charge in [-0.05, 0) is 31.2 Å². The minimum absolute atomic E-state index is 0.228. The van der Waals surface area contributed by atoms with Crippen LogP contribution >= 0.6 is 11.6 Å². The number of halogens is 1. The summed E-state index contributed by atoms with van der Waals surface area (Å²) >= 11 is 5.99. The summed E-state index contributed by atoms with van der Waals surface area (Å²) in [6.07, 6.45) is 0. The maximum Gasteiger partial charge on any atom is 0.336 e. The zero-order valence-corrected chi connectivity index (χ0v) is 11.4. The van der Waals surface area contributed by atoms with E-state index >= 15 is 0 Å². The average molecular weight is 277 g/mol. The van der Waals surface area contributed by atoms with Crippen LogP contribution in [-0.2, 0) is 0 Å². The lowest BCUT2D eigenvalue weighted by Crippen LogP contribution is -2.01. The van der Waals surface area contributed by atoms with E-state index in [1.54, 1.807) is 37.4 Å². The van der Waals surface area contributed by atoms with Gasteiger partial charge in [0.2, 0.25) is 0 Å². The number of hydrogen-bond donors (Lipinski definition) is 1. The van der Waals surface area contributed by atoms with Crippen LogP contribution in [0.25, 0.3) is 11.1 Å². The van der Waals surface area contributed by atoms with Crippen LogP contribution in [0.4, 0.5) is 0 Å². The first-order valence-electron chi connectivity index (χ1n) is 5.71. The molecule has 0 aliphatic rings. The Morgan fingerprint density at radius 1 is 1.16 bits per heavy atom. The first-order valence-corrected chi connectivity index (χ1v) is 6.08. The molecule has 0 amide bonds. The lowest BCUT2D eigenvalue weighted by Gasteiger charge is -2.12. The largest absolute Gasteiger partial charge is 0.496 e. The third-order valence-electron chi connectivity index (χ3n) is 2.86. The molecule has 1 N–H and O–H groups in total. The second kappa shape index (κ2) is 5.33. The van der Waals surface area contributed by atoms with Gasteiger partial charge in [-0.3, -0.25) is 0 Å². The number of carboxylic acids is 1. The highest BCUT2D eigenvalue weighted by Gasteiger charge is 2.15. The van der Waals surface area contributed by atoms with Crippen LogP contribution in [0.2, 0.25) is 5.02 Å². The number of methoxy groups -OCH3 is 1. The van der Waals surface area contributed by atoms with Gasteiger partial charge in [0.05, 0.1) is 12.7 Å². The van der Waals surface area contributed by atoms with E-state index in [0.717, 1.165) is 5.56 Å². The van der Waals surface area contributed by atoms with Crippen LogP contribution in [0.15, 0.2) is 36.4 Å². The molecular formula is C15H13ClO3. The van der Waals surface area contributed by atoms with E-state index in [4.69, 9.17) is 16.3 Å². The molecule has 0 aliphatic heterocycles. The molecule has 4 heteroatoms. The molecule has 0 spiro atoms. The number of benzene rings is 2. The third-order valence-corrected chi connectivity index (χ3v) is 3.09. The Morgan fingerprint density at radius 2 is 1.89 bits per heavy atom. The summed E-state index contributed by atoms with van der Waals surface area (Å²) < 4.78 is 5.28. The smallest absolute Gasteiger partial charge is 0.336 e. The fourth-order valence-electron chi connectivity index (χ4n) is 1.96. The van der Waals surface area contributed by atoms with E-state index in [1.165, 1.54) is 0 Å². The van der Waals surface area contributed by atoms with Crippen LogP contribution < -0.4 is 4.74 Å². The Kier molecular flexibility index (Phi) is 3.76. The summed E-state index contributed by atoms with van der Waals surface area (Å²) in [6, 6.07) is 10.3. The molecule has 0 aromatic heterocycles. The molecule has 3 nitrogen and oxygen atoms in total. The molecule has 0 atom stereocenters. The van der Waals surface area contributed by atoms with Gasteiger partial charge < -0.3 is 9.84 Å². The number of carbonyl (C=O) groups is 1. The molecule has 2 aromatic carbocycles. The monoisotopic (exact) mass is 276 g/mol. The number of aromatic carboxylic acids is 1. The molecule has 0 fully saturated rings. The highest BCUT2D eigenvalue weighted by Crippen LogP contribution is 2.35. The Hall–Kier alpha value is -2.00. The zero-order valence-electron chi connectivity index (χ0n) is 10.6. The van der Waals surface area contributed by atoms with Gasteiger partial charge in [-0.1, -0.05) is 29.3 Å². The molecule has 0 saturated carbocycles. The van der Waals surface area contributed by atoms with E-state index < -0.39 is 5.97 Å². The predicted molar refractivity (Wildman–Crippen MR) is 75.1 cm³/mol. The van der Waals surface area contributed by atoms with Crippen LogP contribution in [0.5, 0.6) is 5.75 Å². The van der Waals surface area contributed by atoms with Gasteiger partial charge >= 0.3 is 5.97 Å². The maximum atomic E-state index is 11.3. The second-order valence-electron chi connectivity index (χ2n) is 4.20. The highest BCUT2D eigenvalue weighted by molar-refractivity contribution is 6.31. The van der Waals surface area contributed by atoms with Crippen molar-refractivity contribution in [1.82, 2.24) is 0 Å². The van der Waals surface area contributed by atoms with Crippen LogP contribution in [-0.4, -0.2) is 18.2 Å². The summed E-state index contributed by atoms with van der Waals surface area (Å²) in [5.41, 5.74) is 2.48. The van der Waals surface area contributed by atoms with Gasteiger partial charge in [-0.25, -0.2) is 4.79 Å². The summed E-state index contributed by atoms with van der Waals surface area (Å²) in [4.78, 5) is 11.3. The van der Waals surface area contributed by atoms with Crippen molar-refractivity contribution >= 4 is 17.6 Å². The minimum atomic E-state index is -0.975. The van der Waals surface area contributed by atoms with Gasteiger partial charge in [0, 0.05) is 16.1 Å². The topological polar surface area (TPSA) is 46.5 Å². The molecule has 0 heterocycles. The van der Waals surface area contributed by atoms with Gasteiger partial charge in [0.1, 0.15) is 5.75 Å². The second-order valence-corrected chi connectivity index (χ2v) is 4.64. The van der Waals surface area contributed by atoms with Crippen molar-refractivity contribution in [3.05, 3.63) is 52.5 Å².